The zero-order valence-electron chi connectivity index (χ0n) is 8.85. The molecule has 0 unspecified atom stereocenters. The maximum Gasteiger partial charge on any atom is 0.115 e. The van der Waals surface area contributed by atoms with Crippen LogP contribution in [0.3, 0.4) is 0 Å². The van der Waals surface area contributed by atoms with E-state index in [1.54, 1.807) is 24.7 Å². The van der Waals surface area contributed by atoms with E-state index in [0.29, 0.717) is 16.5 Å². The van der Waals surface area contributed by atoms with Crippen LogP contribution in [0.5, 0.6) is 0 Å². The van der Waals surface area contributed by atoms with E-state index in [9.17, 15) is 0 Å². The zero-order chi connectivity index (χ0) is 12.3. The average Bonchev–Trinajstić information content (AvgIpc) is 2.82. The number of imidazole rings is 1. The number of hydrogen-bond acceptors (Lipinski definition) is 2. The summed E-state index contributed by atoms with van der Waals surface area (Å²) in [7, 11) is 0. The van der Waals surface area contributed by atoms with Gasteiger partial charge in [-0.3, -0.25) is 0 Å². The van der Waals surface area contributed by atoms with Crippen LogP contribution in [0.1, 0.15) is 0 Å². The lowest BCUT2D eigenvalue weighted by atomic mass is 10.2. The predicted molar refractivity (Wildman–Crippen MR) is 70.6 cm³/mol. The van der Waals surface area contributed by atoms with Crippen molar-refractivity contribution in [3.05, 3.63) is 41.9 Å². The molecule has 4 nitrogen and oxygen atoms in total. The number of nitrogens with two attached hydrogens (primary N) is 1. The number of aromatic nitrogens is 2. The number of nitrogens with zero attached hydrogens (tertiary/aromatic N) is 3. The molecule has 2 aromatic rings. The minimum absolute atomic E-state index is 0.176. The highest BCUT2D eigenvalue weighted by Gasteiger charge is 2.05. The summed E-state index contributed by atoms with van der Waals surface area (Å²) in [5.74, 6) is 0.519. The van der Waals surface area contributed by atoms with Gasteiger partial charge in [0.15, 0.2) is 0 Å². The van der Waals surface area contributed by atoms with Gasteiger partial charge < -0.3 is 10.3 Å². The van der Waals surface area contributed by atoms with Gasteiger partial charge >= 0.3 is 0 Å². The van der Waals surface area contributed by atoms with E-state index in [2.05, 4.69) is 9.98 Å². The normalized spacial score (nSPS) is 11.8. The second kappa shape index (κ2) is 5.21. The molecular weight excluding hydrogens is 259 g/mol. The maximum atomic E-state index is 5.94. The molecule has 0 radical (unpaired) electrons. The predicted octanol–water partition coefficient (Wildman–Crippen LogP) is 2.75. The summed E-state index contributed by atoms with van der Waals surface area (Å²) in [5, 5.41) is 0.593. The number of benzene rings is 1. The Balaban J connectivity index is 2.52. The fourth-order valence-electron chi connectivity index (χ4n) is 1.39. The summed E-state index contributed by atoms with van der Waals surface area (Å²) in [6.45, 7) is 0. The average molecular weight is 269 g/mol. The van der Waals surface area contributed by atoms with E-state index in [-0.39, 0.29) is 5.88 Å². The molecule has 1 aromatic heterocycles. The minimum Gasteiger partial charge on any atom is -0.386 e. The van der Waals surface area contributed by atoms with Crippen molar-refractivity contribution in [3.8, 4) is 5.69 Å². The quantitative estimate of drug-likeness (QED) is 0.529. The van der Waals surface area contributed by atoms with Crippen LogP contribution in [0.15, 0.2) is 41.9 Å². The third-order valence-corrected chi connectivity index (χ3v) is 2.63. The van der Waals surface area contributed by atoms with Crippen LogP contribution in [0, 0.1) is 0 Å². The van der Waals surface area contributed by atoms with Crippen LogP contribution < -0.4 is 5.73 Å². The molecule has 0 saturated carbocycles. The Bertz CT molecular complexity index is 534. The molecule has 0 fully saturated rings. The fraction of sp³-hybridized carbons (Fsp3) is 0.0909. The number of alkyl halides is 1. The van der Waals surface area contributed by atoms with Gasteiger partial charge in [0, 0.05) is 17.4 Å². The molecule has 0 bridgehead atoms. The van der Waals surface area contributed by atoms with E-state index in [1.165, 1.54) is 0 Å². The molecule has 0 atom stereocenters. The van der Waals surface area contributed by atoms with Gasteiger partial charge in [-0.2, -0.15) is 0 Å². The Hall–Kier alpha value is -1.52. The molecular formula is C11H10Cl2N4. The molecule has 0 aliphatic rings. The fourth-order valence-corrected chi connectivity index (χ4v) is 1.62. The van der Waals surface area contributed by atoms with Crippen LogP contribution in [0.25, 0.3) is 5.69 Å². The summed E-state index contributed by atoms with van der Waals surface area (Å²) in [6, 6.07) is 5.37. The van der Waals surface area contributed by atoms with Crippen LogP contribution in [0.2, 0.25) is 5.02 Å². The van der Waals surface area contributed by atoms with Gasteiger partial charge in [0.25, 0.3) is 0 Å². The first-order chi connectivity index (χ1) is 8.20. The minimum atomic E-state index is 0.176. The summed E-state index contributed by atoms with van der Waals surface area (Å²) < 4.78 is 1.83. The number of hydrogen-bond donors (Lipinski definition) is 1. The largest absolute Gasteiger partial charge is 0.386 e. The van der Waals surface area contributed by atoms with Gasteiger partial charge in [0.2, 0.25) is 0 Å². The Labute approximate surface area is 109 Å². The van der Waals surface area contributed by atoms with Crippen LogP contribution in [0.4, 0.5) is 5.69 Å². The molecule has 2 rings (SSSR count). The summed E-state index contributed by atoms with van der Waals surface area (Å²) in [6.07, 6.45) is 5.19. The monoisotopic (exact) mass is 268 g/mol. The van der Waals surface area contributed by atoms with Crippen molar-refractivity contribution in [2.45, 2.75) is 0 Å². The van der Waals surface area contributed by atoms with Crippen molar-refractivity contribution in [3.63, 3.8) is 0 Å². The van der Waals surface area contributed by atoms with Gasteiger partial charge in [-0.15, -0.1) is 11.6 Å². The Morgan fingerprint density at radius 3 is 2.94 bits per heavy atom. The number of amidine groups is 1. The van der Waals surface area contributed by atoms with Crippen LogP contribution in [-0.2, 0) is 0 Å². The van der Waals surface area contributed by atoms with Crippen molar-refractivity contribution in [1.82, 2.24) is 9.55 Å². The number of aliphatic imine (C=N–C) groups is 1. The van der Waals surface area contributed by atoms with Crippen molar-refractivity contribution < 1.29 is 0 Å². The van der Waals surface area contributed by atoms with Crippen LogP contribution in [-0.4, -0.2) is 21.3 Å². The summed E-state index contributed by atoms with van der Waals surface area (Å²) in [4.78, 5) is 8.21. The lowest BCUT2D eigenvalue weighted by Crippen LogP contribution is -2.12. The third kappa shape index (κ3) is 2.78. The van der Waals surface area contributed by atoms with E-state index in [4.69, 9.17) is 28.9 Å². The van der Waals surface area contributed by atoms with Crippen molar-refractivity contribution in [1.29, 1.82) is 0 Å². The third-order valence-electron chi connectivity index (χ3n) is 2.12. The highest BCUT2D eigenvalue weighted by Crippen LogP contribution is 2.27. The van der Waals surface area contributed by atoms with E-state index < -0.39 is 0 Å². The second-order valence-corrected chi connectivity index (χ2v) is 4.04. The first-order valence-electron chi connectivity index (χ1n) is 4.87. The molecule has 0 saturated heterocycles. The van der Waals surface area contributed by atoms with E-state index in [1.807, 2.05) is 16.8 Å². The second-order valence-electron chi connectivity index (χ2n) is 3.34. The van der Waals surface area contributed by atoms with Crippen LogP contribution >= 0.6 is 23.2 Å². The molecule has 88 valence electrons. The Morgan fingerprint density at radius 1 is 1.47 bits per heavy atom. The Kier molecular flexibility index (Phi) is 3.66. The molecule has 0 aliphatic carbocycles. The van der Waals surface area contributed by atoms with Gasteiger partial charge in [0.05, 0.1) is 23.6 Å². The number of halogens is 2. The molecule has 0 spiro atoms. The topological polar surface area (TPSA) is 56.2 Å². The molecule has 17 heavy (non-hydrogen) atoms. The lowest BCUT2D eigenvalue weighted by Gasteiger charge is -2.07. The SMILES string of the molecule is NC(CCl)=Nc1cc(Cl)ccc1-n1ccnc1. The smallest absolute Gasteiger partial charge is 0.115 e. The van der Waals surface area contributed by atoms with Gasteiger partial charge in [-0.05, 0) is 18.2 Å². The molecule has 0 amide bonds. The van der Waals surface area contributed by atoms with E-state index in [0.717, 1.165) is 5.69 Å². The van der Waals surface area contributed by atoms with Gasteiger partial charge in [-0.25, -0.2) is 9.98 Å². The molecule has 1 heterocycles. The maximum absolute atomic E-state index is 5.94. The van der Waals surface area contributed by atoms with Gasteiger partial charge in [0.1, 0.15) is 5.84 Å². The highest BCUT2D eigenvalue weighted by atomic mass is 35.5. The molecule has 1 aromatic carbocycles. The standard InChI is InChI=1S/C11H10Cl2N4/c12-6-11(14)16-9-5-8(13)1-2-10(9)17-4-3-15-7-17/h1-5,7H,6H2,(H2,14,16). The lowest BCUT2D eigenvalue weighted by molar-refractivity contribution is 1.05. The first-order valence-corrected chi connectivity index (χ1v) is 5.79. The Morgan fingerprint density at radius 2 is 2.29 bits per heavy atom. The highest BCUT2D eigenvalue weighted by molar-refractivity contribution is 6.31. The zero-order valence-corrected chi connectivity index (χ0v) is 10.4. The molecule has 6 heteroatoms. The molecule has 2 N–H and O–H groups in total. The summed E-state index contributed by atoms with van der Waals surface area (Å²) in [5.41, 5.74) is 7.14. The van der Waals surface area contributed by atoms with Crippen molar-refractivity contribution in [2.24, 2.45) is 10.7 Å². The van der Waals surface area contributed by atoms with Crippen molar-refractivity contribution >= 4 is 34.7 Å². The first kappa shape index (κ1) is 12.0. The van der Waals surface area contributed by atoms with Gasteiger partial charge in [-0.1, -0.05) is 11.6 Å². The number of rotatable bonds is 3. The summed E-state index contributed by atoms with van der Waals surface area (Å²) >= 11 is 11.5. The van der Waals surface area contributed by atoms with E-state index >= 15 is 0 Å². The van der Waals surface area contributed by atoms with Crippen molar-refractivity contribution in [2.75, 3.05) is 5.88 Å². The molecule has 0 aliphatic heterocycles.